The lowest BCUT2D eigenvalue weighted by Crippen LogP contribution is -2.47. The molecule has 3 aromatic rings. The van der Waals surface area contributed by atoms with Gasteiger partial charge in [-0.05, 0) is 105 Å². The minimum Gasteiger partial charge on any atom is -0.445 e. The van der Waals surface area contributed by atoms with Crippen molar-refractivity contribution in [1.82, 2.24) is 20.3 Å². The van der Waals surface area contributed by atoms with Gasteiger partial charge in [-0.2, -0.15) is 0 Å². The Morgan fingerprint density at radius 3 is 2.51 bits per heavy atom. The van der Waals surface area contributed by atoms with E-state index < -0.39 is 16.5 Å². The summed E-state index contributed by atoms with van der Waals surface area (Å²) in [6, 6.07) is 7.83. The molecule has 5 aliphatic rings. The smallest absolute Gasteiger partial charge is 0.230 e. The molecular weight excluding hydrogens is 512 g/mol. The average Bonchev–Trinajstić information content (AvgIpc) is 3.33. The number of allylic oxidation sites excluding steroid dienone is 4. The molecule has 0 aromatic carbocycles. The standard InChI is InChI=1S/C33H28N6O2/c1-31(2)28-18-32(30-37-27(19-41-30)20-10-13-34-14-11-20)12-9-25(38-32)16-24-6-5-22(35-24)15-23-7-8-26(36-23)17-33(39-28,29(31)40)21-3-4-21/h5-19,21,35,39H,3-4H2,1-2H3. The lowest BCUT2D eigenvalue weighted by Gasteiger charge is -2.26. The number of nitrogens with one attached hydrogen (secondary N) is 2. The van der Waals surface area contributed by atoms with Gasteiger partial charge in [0.2, 0.25) is 5.89 Å². The number of nitrogens with zero attached hydrogens (tertiary/aromatic N) is 4. The van der Waals surface area contributed by atoms with E-state index in [2.05, 4.69) is 15.3 Å². The van der Waals surface area contributed by atoms with Crippen molar-refractivity contribution < 1.29 is 9.21 Å². The van der Waals surface area contributed by atoms with Gasteiger partial charge in [0.05, 0.1) is 22.5 Å². The second kappa shape index (κ2) is 8.33. The topological polar surface area (TPSA) is 109 Å². The number of aliphatic imine (C=N–C) groups is 2. The van der Waals surface area contributed by atoms with Gasteiger partial charge in [0.15, 0.2) is 11.3 Å². The van der Waals surface area contributed by atoms with Crippen molar-refractivity contribution in [3.8, 4) is 11.3 Å². The van der Waals surface area contributed by atoms with Crippen LogP contribution in [0.4, 0.5) is 0 Å². The molecule has 0 amide bonds. The number of Topliss-reactive ketones (excluding diaryl/α,β-unsaturated/α-hetero) is 1. The Morgan fingerprint density at radius 1 is 0.951 bits per heavy atom. The zero-order chi connectivity index (χ0) is 27.8. The van der Waals surface area contributed by atoms with E-state index in [0.717, 1.165) is 51.9 Å². The number of aromatic amines is 1. The molecule has 41 heavy (non-hydrogen) atoms. The van der Waals surface area contributed by atoms with Crippen molar-refractivity contribution >= 4 is 29.4 Å². The van der Waals surface area contributed by atoms with E-state index in [-0.39, 0.29) is 11.7 Å². The molecule has 3 aromatic heterocycles. The van der Waals surface area contributed by atoms with Gasteiger partial charge in [-0.25, -0.2) is 9.98 Å². The summed E-state index contributed by atoms with van der Waals surface area (Å²) in [5.41, 5.74) is 2.13. The zero-order valence-corrected chi connectivity index (χ0v) is 22.8. The molecule has 4 aliphatic heterocycles. The Hall–Kier alpha value is -4.85. The normalized spacial score (nSPS) is 27.4. The molecule has 1 saturated heterocycles. The molecular formula is C33H28N6O2. The minimum atomic E-state index is -1.04. The van der Waals surface area contributed by atoms with Gasteiger partial charge in [0.25, 0.3) is 0 Å². The van der Waals surface area contributed by atoms with E-state index in [1.807, 2.05) is 86.7 Å². The highest BCUT2D eigenvalue weighted by Crippen LogP contribution is 2.52. The Labute approximate surface area is 236 Å². The predicted octanol–water partition coefficient (Wildman–Crippen LogP) is 3.67. The van der Waals surface area contributed by atoms with Gasteiger partial charge in [0.1, 0.15) is 17.5 Å². The van der Waals surface area contributed by atoms with Crippen molar-refractivity contribution in [3.63, 3.8) is 0 Å². The fraction of sp³-hybridized carbons (Fsp3) is 0.242. The van der Waals surface area contributed by atoms with Gasteiger partial charge >= 0.3 is 0 Å². The number of hydrogen-bond acceptors (Lipinski definition) is 7. The Morgan fingerprint density at radius 2 is 1.73 bits per heavy atom. The number of aromatic nitrogens is 3. The molecule has 8 nitrogen and oxygen atoms in total. The molecule has 8 rings (SSSR count). The van der Waals surface area contributed by atoms with E-state index in [0.29, 0.717) is 11.6 Å². The van der Waals surface area contributed by atoms with E-state index in [4.69, 9.17) is 19.4 Å². The van der Waals surface area contributed by atoms with Crippen LogP contribution in [0.2, 0.25) is 0 Å². The van der Waals surface area contributed by atoms with Gasteiger partial charge in [-0.3, -0.25) is 14.8 Å². The molecule has 0 spiro atoms. The number of rotatable bonds is 3. The zero-order valence-electron chi connectivity index (χ0n) is 22.8. The first-order chi connectivity index (χ1) is 19.8. The van der Waals surface area contributed by atoms with Crippen LogP contribution in [-0.4, -0.2) is 37.7 Å². The lowest BCUT2D eigenvalue weighted by atomic mass is 9.77. The number of carbonyl (C=O) groups excluding carboxylic acids is 1. The van der Waals surface area contributed by atoms with Crippen molar-refractivity contribution in [2.45, 2.75) is 37.8 Å². The van der Waals surface area contributed by atoms with Crippen LogP contribution >= 0.6 is 0 Å². The molecule has 1 aliphatic carbocycles. The molecule has 8 heteroatoms. The lowest BCUT2D eigenvalue weighted by molar-refractivity contribution is -0.127. The van der Waals surface area contributed by atoms with Crippen LogP contribution in [-0.2, 0) is 10.3 Å². The first kappa shape index (κ1) is 24.0. The quantitative estimate of drug-likeness (QED) is 0.527. The fourth-order valence-electron chi connectivity index (χ4n) is 6.22. The van der Waals surface area contributed by atoms with Crippen LogP contribution in [0, 0.1) is 11.3 Å². The van der Waals surface area contributed by atoms with Crippen molar-refractivity contribution in [3.05, 3.63) is 107 Å². The Balaban J connectivity index is 1.36. The summed E-state index contributed by atoms with van der Waals surface area (Å²) in [5.74, 6) is 0.776. The first-order valence-electron chi connectivity index (χ1n) is 13.9. The molecule has 2 unspecified atom stereocenters. The predicted molar refractivity (Wildman–Crippen MR) is 157 cm³/mol. The van der Waals surface area contributed by atoms with Crippen LogP contribution in [0.1, 0.15) is 32.6 Å². The van der Waals surface area contributed by atoms with Crippen LogP contribution in [0.15, 0.2) is 105 Å². The summed E-state index contributed by atoms with van der Waals surface area (Å²) in [6.07, 6.45) is 23.1. The largest absolute Gasteiger partial charge is 0.445 e. The summed E-state index contributed by atoms with van der Waals surface area (Å²) < 4.78 is 6.13. The summed E-state index contributed by atoms with van der Waals surface area (Å²) in [7, 11) is 0. The number of pyridine rings is 1. The van der Waals surface area contributed by atoms with E-state index >= 15 is 0 Å². The van der Waals surface area contributed by atoms with Crippen molar-refractivity contribution in [1.29, 1.82) is 0 Å². The maximum absolute atomic E-state index is 14.3. The fourth-order valence-corrected chi connectivity index (χ4v) is 6.22. The van der Waals surface area contributed by atoms with E-state index in [9.17, 15) is 4.79 Å². The van der Waals surface area contributed by atoms with Crippen molar-refractivity contribution in [2.75, 3.05) is 0 Å². The van der Waals surface area contributed by atoms with Crippen LogP contribution in [0.5, 0.6) is 0 Å². The van der Waals surface area contributed by atoms with E-state index in [1.165, 1.54) is 0 Å². The summed E-state index contributed by atoms with van der Waals surface area (Å²) in [5, 5.41) is 5.57. The molecule has 2 atom stereocenters. The highest BCUT2D eigenvalue weighted by molar-refractivity contribution is 6.20. The van der Waals surface area contributed by atoms with Gasteiger partial charge in [-0.15, -0.1) is 0 Å². The Kier molecular flexibility index (Phi) is 4.87. The summed E-state index contributed by atoms with van der Waals surface area (Å²) >= 11 is 0. The number of H-pyrrole nitrogens is 1. The van der Waals surface area contributed by atoms with Gasteiger partial charge < -0.3 is 14.7 Å². The molecule has 8 bridgehead atoms. The molecule has 7 heterocycles. The third kappa shape index (κ3) is 3.78. The highest BCUT2D eigenvalue weighted by Gasteiger charge is 2.61. The SMILES string of the molecule is CC1(C)C(=O)C2(C3CC3)C=C3C=CC(=N3)C=c3ccc([nH]3)=CC3=NC(c4nc(-c5ccncc5)co4)(C=C3)C=C1N2. The molecule has 2 N–H and O–H groups in total. The Bertz CT molecular complexity index is 1930. The maximum atomic E-state index is 14.3. The summed E-state index contributed by atoms with van der Waals surface area (Å²) in [4.78, 5) is 36.8. The molecule has 202 valence electrons. The monoisotopic (exact) mass is 540 g/mol. The second-order valence-electron chi connectivity index (χ2n) is 11.8. The number of carbonyl (C=O) groups is 1. The van der Waals surface area contributed by atoms with Crippen LogP contribution < -0.4 is 16.0 Å². The van der Waals surface area contributed by atoms with E-state index in [1.54, 1.807) is 18.7 Å². The minimum absolute atomic E-state index is 0.142. The van der Waals surface area contributed by atoms with Crippen molar-refractivity contribution in [2.24, 2.45) is 21.3 Å². The first-order valence-corrected chi connectivity index (χ1v) is 13.9. The summed E-state index contributed by atoms with van der Waals surface area (Å²) in [6.45, 7) is 3.97. The second-order valence-corrected chi connectivity index (χ2v) is 11.8. The number of hydrogen-bond donors (Lipinski definition) is 2. The highest BCUT2D eigenvalue weighted by atomic mass is 16.3. The van der Waals surface area contributed by atoms with Gasteiger partial charge in [0, 0.05) is 34.4 Å². The number of fused-ring (bicyclic) bond motifs is 6. The third-order valence-corrected chi connectivity index (χ3v) is 8.59. The number of ketones is 1. The average molecular weight is 541 g/mol. The molecule has 0 radical (unpaired) electrons. The molecule has 2 fully saturated rings. The number of oxazole rings is 1. The van der Waals surface area contributed by atoms with Crippen LogP contribution in [0.3, 0.4) is 0 Å². The molecule has 1 saturated carbocycles. The van der Waals surface area contributed by atoms with Gasteiger partial charge in [-0.1, -0.05) is 0 Å². The van der Waals surface area contributed by atoms with Crippen LogP contribution in [0.25, 0.3) is 23.4 Å². The maximum Gasteiger partial charge on any atom is 0.230 e. The third-order valence-electron chi connectivity index (χ3n) is 8.59.